The van der Waals surface area contributed by atoms with E-state index >= 15 is 0 Å². The van der Waals surface area contributed by atoms with Crippen molar-refractivity contribution in [3.8, 4) is 0 Å². The number of anilines is 1. The molecule has 0 fully saturated rings. The molecule has 0 bridgehead atoms. The zero-order valence-corrected chi connectivity index (χ0v) is 14.3. The summed E-state index contributed by atoms with van der Waals surface area (Å²) in [7, 11) is 4.24. The molecule has 2 rings (SSSR count). The van der Waals surface area contributed by atoms with E-state index in [9.17, 15) is 4.79 Å². The molecule has 0 radical (unpaired) electrons. The van der Waals surface area contributed by atoms with E-state index in [4.69, 9.17) is 0 Å². The van der Waals surface area contributed by atoms with Crippen LogP contribution >= 0.6 is 27.3 Å². The van der Waals surface area contributed by atoms with Gasteiger partial charge in [-0.15, -0.1) is 0 Å². The molecule has 0 atom stereocenters. The number of quaternary nitrogens is 1. The van der Waals surface area contributed by atoms with Crippen LogP contribution in [0.15, 0.2) is 22.7 Å². The van der Waals surface area contributed by atoms with Gasteiger partial charge < -0.3 is 4.90 Å². The molecule has 0 saturated heterocycles. The van der Waals surface area contributed by atoms with Gasteiger partial charge in [0.2, 0.25) is 5.91 Å². The highest BCUT2D eigenvalue weighted by atomic mass is 79.9. The van der Waals surface area contributed by atoms with Crippen molar-refractivity contribution >= 4 is 48.5 Å². The minimum Gasteiger partial charge on any atom is -0.340 e. The number of carbonyl (C=O) groups is 1. The van der Waals surface area contributed by atoms with Crippen LogP contribution in [0, 0.1) is 0 Å². The Labute approximate surface area is 131 Å². The lowest BCUT2D eigenvalue weighted by Gasteiger charge is -2.18. The van der Waals surface area contributed by atoms with Gasteiger partial charge >= 0.3 is 0 Å². The summed E-state index contributed by atoms with van der Waals surface area (Å²) >= 11 is 5.02. The highest BCUT2D eigenvalue weighted by Crippen LogP contribution is 2.30. The molecule has 1 aromatic carbocycles. The summed E-state index contributed by atoms with van der Waals surface area (Å²) in [5.41, 5.74) is 0.942. The van der Waals surface area contributed by atoms with Gasteiger partial charge in [-0.25, -0.2) is 4.98 Å². The molecule has 0 aliphatic heterocycles. The molecule has 1 aromatic heterocycles. The number of amides is 1. The molecule has 1 amide bonds. The van der Waals surface area contributed by atoms with Gasteiger partial charge in [0.15, 0.2) is 5.13 Å². The normalized spacial score (nSPS) is 11.2. The molecular weight excluding hydrogens is 338 g/mol. The monoisotopic (exact) mass is 356 g/mol. The molecule has 0 aliphatic carbocycles. The lowest BCUT2D eigenvalue weighted by atomic mass is 10.3. The summed E-state index contributed by atoms with van der Waals surface area (Å²) < 4.78 is 2.13. The van der Waals surface area contributed by atoms with Crippen LogP contribution < -0.4 is 9.80 Å². The number of nitrogens with one attached hydrogen (secondary N) is 1. The Morgan fingerprint density at radius 3 is 2.85 bits per heavy atom. The minimum atomic E-state index is 0.0527. The summed E-state index contributed by atoms with van der Waals surface area (Å²) in [4.78, 5) is 19.6. The summed E-state index contributed by atoms with van der Waals surface area (Å²) in [5, 5.41) is 0.791. The van der Waals surface area contributed by atoms with Crippen LogP contribution in [0.5, 0.6) is 0 Å². The Balaban J connectivity index is 2.20. The average molecular weight is 357 g/mol. The second-order valence-corrected chi connectivity index (χ2v) is 7.01. The van der Waals surface area contributed by atoms with Gasteiger partial charge in [0.1, 0.15) is 0 Å². The van der Waals surface area contributed by atoms with Gasteiger partial charge in [-0.1, -0.05) is 27.3 Å². The third kappa shape index (κ3) is 3.77. The van der Waals surface area contributed by atoms with Crippen LogP contribution in [0.2, 0.25) is 0 Å². The van der Waals surface area contributed by atoms with Crippen LogP contribution in [0.3, 0.4) is 0 Å². The number of benzene rings is 1. The van der Waals surface area contributed by atoms with E-state index in [1.807, 2.05) is 18.2 Å². The number of carbonyl (C=O) groups excluding carboxylic acids is 1. The zero-order valence-electron chi connectivity index (χ0n) is 11.9. The van der Waals surface area contributed by atoms with E-state index in [-0.39, 0.29) is 5.91 Å². The van der Waals surface area contributed by atoms with Crippen LogP contribution in [0.25, 0.3) is 10.2 Å². The van der Waals surface area contributed by atoms with Gasteiger partial charge in [-0.2, -0.15) is 0 Å². The number of nitrogens with zero attached hydrogens (tertiary/aromatic N) is 2. The average Bonchev–Trinajstić information content (AvgIpc) is 2.76. The van der Waals surface area contributed by atoms with Crippen LogP contribution in [0.1, 0.15) is 13.3 Å². The first-order chi connectivity index (χ1) is 9.47. The number of thiazole rings is 1. The van der Waals surface area contributed by atoms with Gasteiger partial charge in [0, 0.05) is 24.4 Å². The van der Waals surface area contributed by atoms with Gasteiger partial charge in [0.05, 0.1) is 30.9 Å². The van der Waals surface area contributed by atoms with Crippen molar-refractivity contribution in [3.05, 3.63) is 22.7 Å². The topological polar surface area (TPSA) is 37.6 Å². The largest absolute Gasteiger partial charge is 0.340 e. The van der Waals surface area contributed by atoms with E-state index in [0.29, 0.717) is 0 Å². The zero-order chi connectivity index (χ0) is 14.7. The van der Waals surface area contributed by atoms with Crippen molar-refractivity contribution in [1.29, 1.82) is 0 Å². The number of rotatable bonds is 5. The quantitative estimate of drug-likeness (QED) is 0.888. The Morgan fingerprint density at radius 1 is 1.45 bits per heavy atom. The van der Waals surface area contributed by atoms with E-state index < -0.39 is 0 Å². The van der Waals surface area contributed by atoms with E-state index in [1.165, 1.54) is 4.90 Å². The Kier molecular flexibility index (Phi) is 5.12. The molecule has 6 heteroatoms. The summed E-state index contributed by atoms with van der Waals surface area (Å²) in [6, 6.07) is 5.99. The summed E-state index contributed by atoms with van der Waals surface area (Å²) in [5.74, 6) is 0.0527. The lowest BCUT2D eigenvalue weighted by molar-refractivity contribution is -0.858. The van der Waals surface area contributed by atoms with E-state index in [1.54, 1.807) is 23.2 Å². The Bertz CT molecular complexity index is 611. The molecule has 1 heterocycles. The first-order valence-corrected chi connectivity index (χ1v) is 8.21. The maximum Gasteiger partial charge on any atom is 0.225 e. The van der Waals surface area contributed by atoms with Crippen molar-refractivity contribution in [1.82, 2.24) is 4.98 Å². The number of hydrogen-bond acceptors (Lipinski definition) is 3. The van der Waals surface area contributed by atoms with Gasteiger partial charge in [-0.3, -0.25) is 9.69 Å². The van der Waals surface area contributed by atoms with Gasteiger partial charge in [-0.05, 0) is 18.2 Å². The van der Waals surface area contributed by atoms with Crippen molar-refractivity contribution in [2.24, 2.45) is 0 Å². The molecular formula is C14H19BrN3OS+. The van der Waals surface area contributed by atoms with Crippen molar-refractivity contribution in [2.75, 3.05) is 32.1 Å². The fourth-order valence-electron chi connectivity index (χ4n) is 1.98. The van der Waals surface area contributed by atoms with Gasteiger partial charge in [0.25, 0.3) is 0 Å². The van der Waals surface area contributed by atoms with Crippen LogP contribution in [-0.2, 0) is 4.79 Å². The smallest absolute Gasteiger partial charge is 0.225 e. The molecule has 20 heavy (non-hydrogen) atoms. The Hall–Kier alpha value is -0.980. The predicted octanol–water partition coefficient (Wildman–Crippen LogP) is 1.95. The number of aromatic nitrogens is 1. The van der Waals surface area contributed by atoms with Crippen LogP contribution in [-0.4, -0.2) is 38.1 Å². The number of hydrogen-bond donors (Lipinski definition) is 1. The van der Waals surface area contributed by atoms with Crippen molar-refractivity contribution < 1.29 is 9.69 Å². The first kappa shape index (κ1) is 15.4. The van der Waals surface area contributed by atoms with E-state index in [0.717, 1.165) is 39.3 Å². The molecule has 4 nitrogen and oxygen atoms in total. The summed E-state index contributed by atoms with van der Waals surface area (Å²) in [6.45, 7) is 3.37. The molecule has 0 aliphatic rings. The second kappa shape index (κ2) is 6.65. The van der Waals surface area contributed by atoms with Crippen molar-refractivity contribution in [3.63, 3.8) is 0 Å². The predicted molar refractivity (Wildman–Crippen MR) is 87.6 cm³/mol. The molecule has 108 valence electrons. The highest BCUT2D eigenvalue weighted by molar-refractivity contribution is 9.10. The third-order valence-corrected chi connectivity index (χ3v) is 4.54. The first-order valence-electron chi connectivity index (χ1n) is 6.60. The van der Waals surface area contributed by atoms with Crippen molar-refractivity contribution in [2.45, 2.75) is 13.3 Å². The lowest BCUT2D eigenvalue weighted by Crippen LogP contribution is -3.05. The van der Waals surface area contributed by atoms with E-state index in [2.05, 4.69) is 35.0 Å². The number of halogens is 1. The second-order valence-electron chi connectivity index (χ2n) is 5.09. The fraction of sp³-hybridized carbons (Fsp3) is 0.429. The molecule has 0 spiro atoms. The SMILES string of the molecule is CC(=O)N(CCC[NH+](C)C)c1nc2ccc(Br)cc2s1. The third-order valence-electron chi connectivity index (χ3n) is 3.01. The standard InChI is InChI=1S/C14H18BrN3OS/c1-10(19)18(8-4-7-17(2)3)14-16-12-6-5-11(15)9-13(12)20-14/h5-6,9H,4,7-8H2,1-3H3/p+1. The maximum atomic E-state index is 11.8. The highest BCUT2D eigenvalue weighted by Gasteiger charge is 2.16. The Morgan fingerprint density at radius 2 is 2.20 bits per heavy atom. The summed E-state index contributed by atoms with van der Waals surface area (Å²) in [6.07, 6.45) is 0.974. The fourth-order valence-corrected chi connectivity index (χ4v) is 3.57. The van der Waals surface area contributed by atoms with Crippen LogP contribution in [0.4, 0.5) is 5.13 Å². The minimum absolute atomic E-state index is 0.0527. The molecule has 0 unspecified atom stereocenters. The maximum absolute atomic E-state index is 11.8. The molecule has 0 saturated carbocycles. The molecule has 2 aromatic rings. The number of fused-ring (bicyclic) bond motifs is 1. The molecule has 1 N–H and O–H groups in total.